The largest absolute Gasteiger partial charge is 0.454 e. The van der Waals surface area contributed by atoms with E-state index in [9.17, 15) is 9.59 Å². The third-order valence-electron chi connectivity index (χ3n) is 5.25. The fraction of sp³-hybridized carbons (Fsp3) is 0.115. The summed E-state index contributed by atoms with van der Waals surface area (Å²) in [5, 5.41) is 1.19. The van der Waals surface area contributed by atoms with Gasteiger partial charge >= 0.3 is 5.97 Å². The normalized spacial score (nSPS) is 10.8. The predicted molar refractivity (Wildman–Crippen MR) is 123 cm³/mol. The molecule has 0 unspecified atom stereocenters. The number of fused-ring (bicyclic) bond motifs is 1. The van der Waals surface area contributed by atoms with Gasteiger partial charge in [-0.15, -0.1) is 0 Å². The van der Waals surface area contributed by atoms with Gasteiger partial charge in [0.2, 0.25) is 0 Å². The number of halogens is 1. The smallest absolute Gasteiger partial charge is 0.339 e. The van der Waals surface area contributed by atoms with Crippen molar-refractivity contribution in [1.29, 1.82) is 0 Å². The first-order valence-corrected chi connectivity index (χ1v) is 10.2. The van der Waals surface area contributed by atoms with E-state index in [1.165, 1.54) is 0 Å². The Bertz CT molecular complexity index is 1310. The van der Waals surface area contributed by atoms with Crippen LogP contribution in [0.15, 0.2) is 72.8 Å². The molecule has 0 amide bonds. The number of pyridine rings is 1. The first kappa shape index (κ1) is 20.8. The number of hydrogen-bond acceptors (Lipinski definition) is 4. The van der Waals surface area contributed by atoms with Crippen molar-refractivity contribution < 1.29 is 14.3 Å². The lowest BCUT2D eigenvalue weighted by Crippen LogP contribution is -2.15. The average molecular weight is 430 g/mol. The summed E-state index contributed by atoms with van der Waals surface area (Å²) < 4.78 is 5.39. The van der Waals surface area contributed by atoms with Crippen molar-refractivity contribution in [2.45, 2.75) is 13.8 Å². The molecule has 0 aliphatic heterocycles. The Morgan fingerprint density at radius 1 is 0.903 bits per heavy atom. The lowest BCUT2D eigenvalue weighted by atomic mass is 10.0. The first-order chi connectivity index (χ1) is 14.9. The highest BCUT2D eigenvalue weighted by atomic mass is 35.5. The number of carbonyl (C=O) groups is 2. The van der Waals surface area contributed by atoms with E-state index in [1.54, 1.807) is 24.3 Å². The molecule has 154 valence electrons. The zero-order chi connectivity index (χ0) is 22.0. The molecule has 0 atom stereocenters. The summed E-state index contributed by atoms with van der Waals surface area (Å²) in [7, 11) is 0. The number of carbonyl (C=O) groups excluding carboxylic acids is 2. The SMILES string of the molecule is Cc1ccc(C(=O)COC(=O)c2cc(-c3ccccc3Cl)nc3ccccc23)cc1C. The van der Waals surface area contributed by atoms with Gasteiger partial charge in [0.15, 0.2) is 12.4 Å². The predicted octanol–water partition coefficient (Wildman–Crippen LogP) is 6.21. The van der Waals surface area contributed by atoms with E-state index in [2.05, 4.69) is 4.98 Å². The van der Waals surface area contributed by atoms with E-state index < -0.39 is 5.97 Å². The Morgan fingerprint density at radius 2 is 1.65 bits per heavy atom. The number of para-hydroxylation sites is 1. The van der Waals surface area contributed by atoms with Gasteiger partial charge in [-0.1, -0.05) is 60.1 Å². The maximum Gasteiger partial charge on any atom is 0.339 e. The van der Waals surface area contributed by atoms with E-state index >= 15 is 0 Å². The van der Waals surface area contributed by atoms with Gasteiger partial charge in [-0.05, 0) is 49.2 Å². The maximum absolute atomic E-state index is 12.9. The second kappa shape index (κ2) is 8.70. The molecule has 0 saturated heterocycles. The molecule has 4 aromatic rings. The molecule has 0 bridgehead atoms. The molecule has 4 rings (SSSR count). The Hall–Kier alpha value is -3.50. The zero-order valence-corrected chi connectivity index (χ0v) is 17.9. The van der Waals surface area contributed by atoms with Gasteiger partial charge in [0.25, 0.3) is 0 Å². The number of benzene rings is 3. The summed E-state index contributed by atoms with van der Waals surface area (Å²) in [4.78, 5) is 30.1. The molecule has 0 aliphatic carbocycles. The Kier molecular flexibility index (Phi) is 5.83. The number of aryl methyl sites for hydroxylation is 2. The number of rotatable bonds is 5. The summed E-state index contributed by atoms with van der Waals surface area (Å²) in [6, 6.07) is 21.7. The molecule has 5 heteroatoms. The number of ketones is 1. The molecular weight excluding hydrogens is 410 g/mol. The molecule has 1 heterocycles. The Labute approximate surface area is 185 Å². The van der Waals surface area contributed by atoms with Crippen molar-refractivity contribution in [1.82, 2.24) is 4.98 Å². The summed E-state index contributed by atoms with van der Waals surface area (Å²) in [5.41, 5.74) is 4.91. The van der Waals surface area contributed by atoms with Crippen molar-refractivity contribution in [2.24, 2.45) is 0 Å². The molecule has 0 aliphatic rings. The fourth-order valence-electron chi connectivity index (χ4n) is 3.36. The van der Waals surface area contributed by atoms with E-state index in [-0.39, 0.29) is 12.4 Å². The van der Waals surface area contributed by atoms with Gasteiger partial charge in [0, 0.05) is 21.5 Å². The number of ether oxygens (including phenoxy) is 1. The third-order valence-corrected chi connectivity index (χ3v) is 5.58. The minimum Gasteiger partial charge on any atom is -0.454 e. The topological polar surface area (TPSA) is 56.3 Å². The second-order valence-corrected chi connectivity index (χ2v) is 7.76. The van der Waals surface area contributed by atoms with Crippen LogP contribution in [-0.4, -0.2) is 23.3 Å². The molecule has 3 aromatic carbocycles. The number of hydrogen-bond donors (Lipinski definition) is 0. The Balaban J connectivity index is 1.65. The van der Waals surface area contributed by atoms with Crippen molar-refractivity contribution in [3.8, 4) is 11.3 Å². The van der Waals surface area contributed by atoms with Crippen LogP contribution in [0.3, 0.4) is 0 Å². The van der Waals surface area contributed by atoms with Crippen LogP contribution < -0.4 is 0 Å². The average Bonchev–Trinajstić information content (AvgIpc) is 2.78. The van der Waals surface area contributed by atoms with Crippen LogP contribution in [0.25, 0.3) is 22.2 Å². The van der Waals surface area contributed by atoms with E-state index in [0.717, 1.165) is 16.7 Å². The highest BCUT2D eigenvalue weighted by Crippen LogP contribution is 2.30. The molecule has 31 heavy (non-hydrogen) atoms. The quantitative estimate of drug-likeness (QED) is 0.279. The number of aromatic nitrogens is 1. The van der Waals surface area contributed by atoms with Gasteiger partial charge < -0.3 is 4.74 Å². The Morgan fingerprint density at radius 3 is 2.42 bits per heavy atom. The molecule has 0 fully saturated rings. The molecule has 0 radical (unpaired) electrons. The second-order valence-electron chi connectivity index (χ2n) is 7.35. The standard InChI is InChI=1S/C26H20ClNO3/c1-16-11-12-18(13-17(16)2)25(29)15-31-26(30)21-14-24(20-8-3-5-9-22(20)27)28-23-10-6-4-7-19(21)23/h3-14H,15H2,1-2H3. The zero-order valence-electron chi connectivity index (χ0n) is 17.2. The lowest BCUT2D eigenvalue weighted by molar-refractivity contribution is 0.0476. The van der Waals surface area contributed by atoms with E-state index in [0.29, 0.717) is 32.7 Å². The molecule has 0 saturated carbocycles. The van der Waals surface area contributed by atoms with Crippen LogP contribution in [0.5, 0.6) is 0 Å². The summed E-state index contributed by atoms with van der Waals surface area (Å²) >= 11 is 6.34. The maximum atomic E-state index is 12.9. The highest BCUT2D eigenvalue weighted by Gasteiger charge is 2.18. The summed E-state index contributed by atoms with van der Waals surface area (Å²) in [6.45, 7) is 3.59. The molecule has 4 nitrogen and oxygen atoms in total. The van der Waals surface area contributed by atoms with Crippen LogP contribution in [0, 0.1) is 13.8 Å². The minimum atomic E-state index is -0.580. The highest BCUT2D eigenvalue weighted by molar-refractivity contribution is 6.33. The molecule has 0 N–H and O–H groups in total. The van der Waals surface area contributed by atoms with E-state index in [1.807, 2.05) is 62.4 Å². The number of nitrogens with zero attached hydrogens (tertiary/aromatic N) is 1. The van der Waals surface area contributed by atoms with Gasteiger partial charge in [0.05, 0.1) is 16.8 Å². The van der Waals surface area contributed by atoms with Crippen LogP contribution in [0.2, 0.25) is 5.02 Å². The van der Waals surface area contributed by atoms with Crippen LogP contribution in [0.4, 0.5) is 0 Å². The molecular formula is C26H20ClNO3. The van der Waals surface area contributed by atoms with Crippen LogP contribution >= 0.6 is 11.6 Å². The lowest BCUT2D eigenvalue weighted by Gasteiger charge is -2.11. The minimum absolute atomic E-state index is 0.249. The summed E-state index contributed by atoms with van der Waals surface area (Å²) in [5.74, 6) is -0.828. The van der Waals surface area contributed by atoms with Gasteiger partial charge in [0.1, 0.15) is 0 Å². The van der Waals surface area contributed by atoms with Crippen LogP contribution in [-0.2, 0) is 4.74 Å². The molecule has 0 spiro atoms. The fourth-order valence-corrected chi connectivity index (χ4v) is 3.59. The third kappa shape index (κ3) is 4.35. The van der Waals surface area contributed by atoms with Crippen molar-refractivity contribution >= 4 is 34.3 Å². The monoisotopic (exact) mass is 429 g/mol. The van der Waals surface area contributed by atoms with Gasteiger partial charge in [-0.3, -0.25) is 4.79 Å². The van der Waals surface area contributed by atoms with Gasteiger partial charge in [-0.25, -0.2) is 9.78 Å². The molecule has 1 aromatic heterocycles. The van der Waals surface area contributed by atoms with Gasteiger partial charge in [-0.2, -0.15) is 0 Å². The van der Waals surface area contributed by atoms with Crippen LogP contribution in [0.1, 0.15) is 31.8 Å². The number of esters is 1. The van der Waals surface area contributed by atoms with E-state index in [4.69, 9.17) is 16.3 Å². The number of Topliss-reactive ketones (excluding diaryl/α,β-unsaturated/α-hetero) is 1. The van der Waals surface area contributed by atoms with Crippen molar-refractivity contribution in [2.75, 3.05) is 6.61 Å². The summed E-state index contributed by atoms with van der Waals surface area (Å²) in [6.07, 6.45) is 0. The van der Waals surface area contributed by atoms with Crippen molar-refractivity contribution in [3.63, 3.8) is 0 Å². The van der Waals surface area contributed by atoms with Crippen molar-refractivity contribution in [3.05, 3.63) is 100 Å². The first-order valence-electron chi connectivity index (χ1n) is 9.86.